The summed E-state index contributed by atoms with van der Waals surface area (Å²) in [4.78, 5) is 0. The van der Waals surface area contributed by atoms with E-state index in [1.807, 2.05) is 0 Å². The molecule has 0 radical (unpaired) electrons. The molecular weight excluding hydrogens is 150 g/mol. The second kappa shape index (κ2) is 3.37. The highest BCUT2D eigenvalue weighted by Crippen LogP contribution is 2.19. The van der Waals surface area contributed by atoms with Crippen molar-refractivity contribution in [2.75, 3.05) is 6.54 Å². The van der Waals surface area contributed by atoms with Gasteiger partial charge in [-0.15, -0.1) is 0 Å². The van der Waals surface area contributed by atoms with E-state index >= 15 is 0 Å². The van der Waals surface area contributed by atoms with Gasteiger partial charge in [-0.1, -0.05) is 18.2 Å². The van der Waals surface area contributed by atoms with E-state index in [-0.39, 0.29) is 6.10 Å². The first-order valence-electron chi connectivity index (χ1n) is 3.43. The Morgan fingerprint density at radius 3 is 2.70 bits per heavy atom. The molecule has 0 aliphatic heterocycles. The predicted molar refractivity (Wildman–Crippen MR) is 42.0 cm³/mol. The molecule has 0 bridgehead atoms. The van der Waals surface area contributed by atoms with Crippen molar-refractivity contribution < 1.29 is 5.11 Å². The van der Waals surface area contributed by atoms with E-state index < -0.39 is 0 Å². The molecule has 0 aromatic rings. The molecule has 0 spiro atoms. The molecule has 2 N–H and O–H groups in total. The van der Waals surface area contributed by atoms with E-state index in [1.54, 1.807) is 0 Å². The number of hydrogen-bond acceptors (Lipinski definition) is 2. The average molecular weight is 162 g/mol. The van der Waals surface area contributed by atoms with Crippen LogP contribution in [0.2, 0.25) is 0 Å². The normalized spacial score (nSPS) is 31.4. The van der Waals surface area contributed by atoms with Gasteiger partial charge in [0.15, 0.2) is 0 Å². The van der Waals surface area contributed by atoms with Gasteiger partial charge in [0.1, 0.15) is 0 Å². The van der Waals surface area contributed by atoms with Crippen LogP contribution in [0.4, 0.5) is 0 Å². The number of hydrogen-bond donors (Lipinski definition) is 2. The maximum Gasteiger partial charge on any atom is 0.0570 e. The summed E-state index contributed by atoms with van der Waals surface area (Å²) < 4.78 is 0. The molecule has 0 amide bonds. The fourth-order valence-electron chi connectivity index (χ4n) is 1.01. The maximum absolute atomic E-state index is 8.89. The van der Waals surface area contributed by atoms with Gasteiger partial charge in [-0.05, 0) is 12.8 Å². The highest BCUT2D eigenvalue weighted by Gasteiger charge is 2.26. The Morgan fingerprint density at radius 1 is 1.70 bits per heavy atom. The van der Waals surface area contributed by atoms with Crippen molar-refractivity contribution in [3.63, 3.8) is 0 Å². The van der Waals surface area contributed by atoms with Gasteiger partial charge < -0.3 is 10.4 Å². The van der Waals surface area contributed by atoms with E-state index in [4.69, 9.17) is 16.7 Å². The first-order chi connectivity index (χ1) is 4.68. The van der Waals surface area contributed by atoms with Gasteiger partial charge in [0.05, 0.1) is 6.10 Å². The summed E-state index contributed by atoms with van der Waals surface area (Å²) in [5.74, 6) is 0. The summed E-state index contributed by atoms with van der Waals surface area (Å²) >= 11 is 5.52. The molecule has 1 fully saturated rings. The van der Waals surface area contributed by atoms with Crippen LogP contribution in [0.3, 0.4) is 0 Å². The third kappa shape index (κ3) is 2.29. The Hall–Kier alpha value is -0.0500. The van der Waals surface area contributed by atoms with Crippen LogP contribution in [0.15, 0.2) is 11.6 Å². The second-order valence-corrected chi connectivity index (χ2v) is 3.25. The third-order valence-corrected chi connectivity index (χ3v) is 1.83. The largest absolute Gasteiger partial charge is 0.393 e. The van der Waals surface area contributed by atoms with E-state index in [0.717, 1.165) is 12.8 Å². The Labute approximate surface area is 65.9 Å². The van der Waals surface area contributed by atoms with E-state index in [0.29, 0.717) is 17.6 Å². The summed E-state index contributed by atoms with van der Waals surface area (Å²) in [6.45, 7) is 4.20. The number of rotatable bonds is 3. The fourth-order valence-corrected chi connectivity index (χ4v) is 1.09. The van der Waals surface area contributed by atoms with Crippen LogP contribution in [-0.4, -0.2) is 23.8 Å². The van der Waals surface area contributed by atoms with Gasteiger partial charge in [-0.3, -0.25) is 0 Å². The standard InChI is InChI=1S/C7H12ClNO/c1-5(8)4-9-6-2-7(10)3-6/h6-7,9-10H,1-4H2. The Morgan fingerprint density at radius 2 is 2.30 bits per heavy atom. The van der Waals surface area contributed by atoms with E-state index in [1.165, 1.54) is 0 Å². The van der Waals surface area contributed by atoms with E-state index in [9.17, 15) is 0 Å². The van der Waals surface area contributed by atoms with Crippen molar-refractivity contribution >= 4 is 11.6 Å². The van der Waals surface area contributed by atoms with Crippen molar-refractivity contribution in [3.8, 4) is 0 Å². The quantitative estimate of drug-likeness (QED) is 0.644. The number of halogens is 1. The molecule has 0 aromatic heterocycles. The zero-order chi connectivity index (χ0) is 7.56. The first kappa shape index (κ1) is 8.05. The van der Waals surface area contributed by atoms with Crippen LogP contribution in [0.25, 0.3) is 0 Å². The molecule has 58 valence electrons. The Bertz CT molecular complexity index is 132. The van der Waals surface area contributed by atoms with Crippen LogP contribution in [-0.2, 0) is 0 Å². The van der Waals surface area contributed by atoms with Gasteiger partial charge in [0.2, 0.25) is 0 Å². The molecule has 0 heterocycles. The molecule has 0 saturated heterocycles. The molecule has 1 aliphatic carbocycles. The zero-order valence-electron chi connectivity index (χ0n) is 5.81. The lowest BCUT2D eigenvalue weighted by Crippen LogP contribution is -2.44. The van der Waals surface area contributed by atoms with Gasteiger partial charge in [-0.2, -0.15) is 0 Å². The third-order valence-electron chi connectivity index (χ3n) is 1.70. The molecule has 1 aliphatic rings. The lowest BCUT2D eigenvalue weighted by atomic mass is 9.90. The number of aliphatic hydroxyl groups excluding tert-OH is 1. The van der Waals surface area contributed by atoms with Crippen molar-refractivity contribution in [3.05, 3.63) is 11.6 Å². The topological polar surface area (TPSA) is 32.3 Å². The van der Waals surface area contributed by atoms with Crippen LogP contribution >= 0.6 is 11.6 Å². The van der Waals surface area contributed by atoms with Gasteiger partial charge in [-0.25, -0.2) is 0 Å². The van der Waals surface area contributed by atoms with E-state index in [2.05, 4.69) is 11.9 Å². The van der Waals surface area contributed by atoms with Crippen molar-refractivity contribution in [2.45, 2.75) is 25.0 Å². The minimum atomic E-state index is -0.0962. The molecule has 3 heteroatoms. The summed E-state index contributed by atoms with van der Waals surface area (Å²) in [5, 5.41) is 12.7. The molecule has 1 rings (SSSR count). The van der Waals surface area contributed by atoms with Crippen LogP contribution in [0.5, 0.6) is 0 Å². The minimum absolute atomic E-state index is 0.0962. The van der Waals surface area contributed by atoms with Crippen LogP contribution in [0, 0.1) is 0 Å². The Balaban J connectivity index is 2.00. The van der Waals surface area contributed by atoms with Crippen molar-refractivity contribution in [1.82, 2.24) is 5.32 Å². The molecule has 0 aromatic carbocycles. The predicted octanol–water partition coefficient (Wildman–Crippen LogP) is 0.852. The van der Waals surface area contributed by atoms with Gasteiger partial charge in [0.25, 0.3) is 0 Å². The Kier molecular flexibility index (Phi) is 2.72. The summed E-state index contributed by atoms with van der Waals surface area (Å²) in [7, 11) is 0. The van der Waals surface area contributed by atoms with Gasteiger partial charge >= 0.3 is 0 Å². The molecule has 1 saturated carbocycles. The summed E-state index contributed by atoms with van der Waals surface area (Å²) in [6.07, 6.45) is 1.61. The first-order valence-corrected chi connectivity index (χ1v) is 3.81. The second-order valence-electron chi connectivity index (χ2n) is 2.72. The average Bonchev–Trinajstić information content (AvgIpc) is 1.77. The van der Waals surface area contributed by atoms with Crippen molar-refractivity contribution in [1.29, 1.82) is 0 Å². The molecule has 2 nitrogen and oxygen atoms in total. The van der Waals surface area contributed by atoms with Crippen LogP contribution < -0.4 is 5.32 Å². The summed E-state index contributed by atoms with van der Waals surface area (Å²) in [6, 6.07) is 0.450. The summed E-state index contributed by atoms with van der Waals surface area (Å²) in [5.41, 5.74) is 0. The minimum Gasteiger partial charge on any atom is -0.393 e. The lowest BCUT2D eigenvalue weighted by Gasteiger charge is -2.31. The zero-order valence-corrected chi connectivity index (χ0v) is 6.56. The SMILES string of the molecule is C=C(Cl)CNC1CC(O)C1. The lowest BCUT2D eigenvalue weighted by molar-refractivity contribution is 0.0640. The molecule has 0 unspecified atom stereocenters. The smallest absolute Gasteiger partial charge is 0.0570 e. The maximum atomic E-state index is 8.89. The highest BCUT2D eigenvalue weighted by atomic mass is 35.5. The monoisotopic (exact) mass is 161 g/mol. The van der Waals surface area contributed by atoms with Crippen LogP contribution in [0.1, 0.15) is 12.8 Å². The molecule has 0 atom stereocenters. The highest BCUT2D eigenvalue weighted by molar-refractivity contribution is 6.29. The fraction of sp³-hybridized carbons (Fsp3) is 0.714. The van der Waals surface area contributed by atoms with Gasteiger partial charge in [0, 0.05) is 17.6 Å². The number of aliphatic hydroxyl groups is 1. The van der Waals surface area contributed by atoms with Crippen molar-refractivity contribution in [2.24, 2.45) is 0 Å². The number of nitrogens with one attached hydrogen (secondary N) is 1. The molecule has 10 heavy (non-hydrogen) atoms. The molecular formula is C7H12ClNO.